The lowest BCUT2D eigenvalue weighted by atomic mass is 9.74. The number of rotatable bonds is 4. The molecular formula is C18H19Cl2NO3. The molecule has 2 heterocycles. The minimum absolute atomic E-state index is 0.214. The quantitative estimate of drug-likeness (QED) is 0.872. The number of carbonyl (C=O) groups is 1. The molecule has 1 aromatic carbocycles. The smallest absolute Gasteiger partial charge is 0.287 e. The number of amides is 1. The number of halogens is 2. The minimum atomic E-state index is -0.268. The lowest BCUT2D eigenvalue weighted by Gasteiger charge is -2.38. The molecule has 1 aliphatic rings. The number of aryl methyl sites for hydroxylation is 1. The van der Waals surface area contributed by atoms with Crippen molar-refractivity contribution in [3.63, 3.8) is 0 Å². The van der Waals surface area contributed by atoms with Gasteiger partial charge in [0.25, 0.3) is 5.91 Å². The maximum atomic E-state index is 12.4. The molecule has 6 heteroatoms. The van der Waals surface area contributed by atoms with E-state index in [4.69, 9.17) is 32.4 Å². The molecule has 1 fully saturated rings. The number of benzene rings is 1. The Morgan fingerprint density at radius 2 is 2.00 bits per heavy atom. The van der Waals surface area contributed by atoms with Crippen LogP contribution in [0.3, 0.4) is 0 Å². The summed E-state index contributed by atoms with van der Waals surface area (Å²) in [4.78, 5) is 12.4. The molecule has 1 amide bonds. The number of hydrogen-bond acceptors (Lipinski definition) is 3. The van der Waals surface area contributed by atoms with Crippen LogP contribution in [0.15, 0.2) is 34.9 Å². The molecule has 0 atom stereocenters. The van der Waals surface area contributed by atoms with Gasteiger partial charge in [-0.1, -0.05) is 29.3 Å². The number of nitrogens with one attached hydrogen (secondary N) is 1. The van der Waals surface area contributed by atoms with Gasteiger partial charge in [0.15, 0.2) is 5.76 Å². The molecule has 0 spiro atoms. The molecule has 24 heavy (non-hydrogen) atoms. The van der Waals surface area contributed by atoms with E-state index in [2.05, 4.69) is 5.32 Å². The fourth-order valence-electron chi connectivity index (χ4n) is 3.16. The number of ether oxygens (including phenoxy) is 1. The standard InChI is InChI=1S/C18H19Cl2NO3/c1-12-4-7-24-16(12)17(22)21-11-18(5-8-23-9-6-18)14-3-2-13(19)10-15(14)20/h2-4,7,10H,5-6,8-9,11H2,1H3,(H,21,22). The highest BCUT2D eigenvalue weighted by Crippen LogP contribution is 2.39. The van der Waals surface area contributed by atoms with Gasteiger partial charge in [-0.15, -0.1) is 0 Å². The summed E-state index contributed by atoms with van der Waals surface area (Å²) in [5, 5.41) is 4.21. The number of hydrogen-bond donors (Lipinski definition) is 1. The second-order valence-corrected chi connectivity index (χ2v) is 6.98. The Morgan fingerprint density at radius 3 is 2.62 bits per heavy atom. The third-order valence-corrected chi connectivity index (χ3v) is 5.16. The van der Waals surface area contributed by atoms with E-state index < -0.39 is 0 Å². The molecule has 0 saturated carbocycles. The molecule has 2 aromatic rings. The third-order valence-electron chi connectivity index (χ3n) is 4.61. The van der Waals surface area contributed by atoms with Gasteiger partial charge in [-0.2, -0.15) is 0 Å². The van der Waals surface area contributed by atoms with Crippen molar-refractivity contribution < 1.29 is 13.9 Å². The van der Waals surface area contributed by atoms with E-state index in [-0.39, 0.29) is 11.3 Å². The van der Waals surface area contributed by atoms with Crippen molar-refractivity contribution >= 4 is 29.1 Å². The predicted molar refractivity (Wildman–Crippen MR) is 94.0 cm³/mol. The van der Waals surface area contributed by atoms with E-state index in [1.807, 2.05) is 19.1 Å². The maximum Gasteiger partial charge on any atom is 0.287 e. The fourth-order valence-corrected chi connectivity index (χ4v) is 3.77. The van der Waals surface area contributed by atoms with E-state index >= 15 is 0 Å². The summed E-state index contributed by atoms with van der Waals surface area (Å²) in [6, 6.07) is 7.29. The van der Waals surface area contributed by atoms with Gasteiger partial charge in [-0.3, -0.25) is 4.79 Å². The topological polar surface area (TPSA) is 51.5 Å². The summed E-state index contributed by atoms with van der Waals surface area (Å²) in [7, 11) is 0. The van der Waals surface area contributed by atoms with Crippen LogP contribution in [-0.2, 0) is 10.2 Å². The molecule has 128 valence electrons. The van der Waals surface area contributed by atoms with Crippen LogP contribution in [0.5, 0.6) is 0 Å². The second kappa shape index (κ2) is 7.18. The van der Waals surface area contributed by atoms with Crippen molar-refractivity contribution in [2.45, 2.75) is 25.2 Å². The van der Waals surface area contributed by atoms with Crippen LogP contribution in [0, 0.1) is 6.92 Å². The highest BCUT2D eigenvalue weighted by atomic mass is 35.5. The van der Waals surface area contributed by atoms with Gasteiger partial charge in [0, 0.05) is 40.8 Å². The Kier molecular flexibility index (Phi) is 5.18. The lowest BCUT2D eigenvalue weighted by molar-refractivity contribution is 0.0485. The van der Waals surface area contributed by atoms with E-state index in [1.165, 1.54) is 6.26 Å². The van der Waals surface area contributed by atoms with Crippen molar-refractivity contribution in [2.75, 3.05) is 19.8 Å². The molecule has 0 aliphatic carbocycles. The van der Waals surface area contributed by atoms with Crippen molar-refractivity contribution in [2.24, 2.45) is 0 Å². The Morgan fingerprint density at radius 1 is 1.25 bits per heavy atom. The zero-order valence-corrected chi connectivity index (χ0v) is 14.9. The van der Waals surface area contributed by atoms with Crippen LogP contribution in [0.1, 0.15) is 34.5 Å². The minimum Gasteiger partial charge on any atom is -0.459 e. The average Bonchev–Trinajstić information content (AvgIpc) is 2.99. The molecular weight excluding hydrogens is 349 g/mol. The van der Waals surface area contributed by atoms with Gasteiger partial charge in [0.05, 0.1) is 6.26 Å². The first-order valence-electron chi connectivity index (χ1n) is 7.87. The Labute approximate surface area is 151 Å². The predicted octanol–water partition coefficient (Wildman–Crippen LogP) is 4.37. The van der Waals surface area contributed by atoms with Crippen molar-refractivity contribution in [3.05, 3.63) is 57.5 Å². The first kappa shape index (κ1) is 17.3. The van der Waals surface area contributed by atoms with Crippen LogP contribution in [0.4, 0.5) is 0 Å². The molecule has 1 N–H and O–H groups in total. The van der Waals surface area contributed by atoms with Gasteiger partial charge in [0.2, 0.25) is 0 Å². The average molecular weight is 368 g/mol. The van der Waals surface area contributed by atoms with Crippen LogP contribution < -0.4 is 5.32 Å². The van der Waals surface area contributed by atoms with E-state index in [0.717, 1.165) is 24.0 Å². The van der Waals surface area contributed by atoms with Gasteiger partial charge in [-0.05, 0) is 43.5 Å². The Bertz CT molecular complexity index is 736. The first-order valence-corrected chi connectivity index (χ1v) is 8.63. The van der Waals surface area contributed by atoms with Crippen molar-refractivity contribution in [3.8, 4) is 0 Å². The highest BCUT2D eigenvalue weighted by Gasteiger charge is 2.36. The summed E-state index contributed by atoms with van der Waals surface area (Å²) in [6.45, 7) is 3.58. The summed E-state index contributed by atoms with van der Waals surface area (Å²) in [6.07, 6.45) is 3.09. The summed E-state index contributed by atoms with van der Waals surface area (Å²) < 4.78 is 10.8. The van der Waals surface area contributed by atoms with Gasteiger partial charge < -0.3 is 14.5 Å². The lowest BCUT2D eigenvalue weighted by Crippen LogP contribution is -2.44. The monoisotopic (exact) mass is 367 g/mol. The van der Waals surface area contributed by atoms with E-state index in [9.17, 15) is 4.79 Å². The molecule has 3 rings (SSSR count). The van der Waals surface area contributed by atoms with E-state index in [1.54, 1.807) is 12.1 Å². The molecule has 0 radical (unpaired) electrons. The van der Waals surface area contributed by atoms with Gasteiger partial charge in [0.1, 0.15) is 0 Å². The zero-order valence-electron chi connectivity index (χ0n) is 13.4. The maximum absolute atomic E-state index is 12.4. The molecule has 1 aromatic heterocycles. The Hall–Kier alpha value is -1.49. The Balaban J connectivity index is 1.84. The molecule has 0 unspecified atom stereocenters. The number of carbonyl (C=O) groups excluding carboxylic acids is 1. The normalized spacial score (nSPS) is 16.8. The van der Waals surface area contributed by atoms with Crippen LogP contribution in [0.2, 0.25) is 10.0 Å². The molecule has 1 aliphatic heterocycles. The molecule has 1 saturated heterocycles. The zero-order chi connectivity index (χ0) is 17.2. The second-order valence-electron chi connectivity index (χ2n) is 6.13. The first-order chi connectivity index (χ1) is 11.5. The van der Waals surface area contributed by atoms with Crippen LogP contribution in [-0.4, -0.2) is 25.7 Å². The van der Waals surface area contributed by atoms with Gasteiger partial charge >= 0.3 is 0 Å². The summed E-state index contributed by atoms with van der Waals surface area (Å²) in [5.74, 6) is 0.132. The SMILES string of the molecule is Cc1ccoc1C(=O)NCC1(c2ccc(Cl)cc2Cl)CCOCC1. The third kappa shape index (κ3) is 3.46. The van der Waals surface area contributed by atoms with Crippen LogP contribution >= 0.6 is 23.2 Å². The largest absolute Gasteiger partial charge is 0.459 e. The van der Waals surface area contributed by atoms with Gasteiger partial charge in [-0.25, -0.2) is 0 Å². The fraction of sp³-hybridized carbons (Fsp3) is 0.389. The number of furan rings is 1. The summed E-state index contributed by atoms with van der Waals surface area (Å²) >= 11 is 12.5. The molecule has 4 nitrogen and oxygen atoms in total. The van der Waals surface area contributed by atoms with Crippen LogP contribution in [0.25, 0.3) is 0 Å². The molecule has 0 bridgehead atoms. The summed E-state index contributed by atoms with van der Waals surface area (Å²) in [5.41, 5.74) is 1.54. The highest BCUT2D eigenvalue weighted by molar-refractivity contribution is 6.35. The van der Waals surface area contributed by atoms with Crippen molar-refractivity contribution in [1.29, 1.82) is 0 Å². The van der Waals surface area contributed by atoms with E-state index in [0.29, 0.717) is 35.6 Å². The van der Waals surface area contributed by atoms with Crippen molar-refractivity contribution in [1.82, 2.24) is 5.32 Å².